The van der Waals surface area contributed by atoms with Crippen LogP contribution in [0.15, 0.2) is 36.5 Å². The summed E-state index contributed by atoms with van der Waals surface area (Å²) in [5.41, 5.74) is 2.44. The van der Waals surface area contributed by atoms with Crippen LogP contribution in [0.1, 0.15) is 5.56 Å². The summed E-state index contributed by atoms with van der Waals surface area (Å²) in [6, 6.07) is 10.6. The number of nitrogens with one attached hydrogen (secondary N) is 1. The third-order valence-electron chi connectivity index (χ3n) is 2.96. The van der Waals surface area contributed by atoms with Gasteiger partial charge in [0.25, 0.3) is 0 Å². The first-order valence-electron chi connectivity index (χ1n) is 6.34. The van der Waals surface area contributed by atoms with Gasteiger partial charge in [0.05, 0.1) is 41.7 Å². The van der Waals surface area contributed by atoms with E-state index < -0.39 is 0 Å². The summed E-state index contributed by atoms with van der Waals surface area (Å²) < 4.78 is 5.00. The van der Waals surface area contributed by atoms with Crippen molar-refractivity contribution in [3.63, 3.8) is 0 Å². The summed E-state index contributed by atoms with van der Waals surface area (Å²) in [6.45, 7) is 0. The highest BCUT2D eigenvalue weighted by molar-refractivity contribution is 6.32. The highest BCUT2D eigenvalue weighted by Crippen LogP contribution is 2.25. The lowest BCUT2D eigenvalue weighted by molar-refractivity contribution is 0.398. The van der Waals surface area contributed by atoms with Crippen molar-refractivity contribution in [2.75, 3.05) is 12.4 Å². The molecule has 6 nitrogen and oxygen atoms in total. The molecule has 0 saturated carbocycles. The Balaban J connectivity index is 1.96. The van der Waals surface area contributed by atoms with Crippen LogP contribution >= 0.6 is 11.6 Å². The largest absolute Gasteiger partial charge is 0.481 e. The number of halogens is 1. The lowest BCUT2D eigenvalue weighted by Gasteiger charge is -2.08. The lowest BCUT2D eigenvalue weighted by atomic mass is 10.2. The van der Waals surface area contributed by atoms with Crippen molar-refractivity contribution in [1.82, 2.24) is 15.0 Å². The Morgan fingerprint density at radius 1 is 1.18 bits per heavy atom. The van der Waals surface area contributed by atoms with Gasteiger partial charge in [-0.15, -0.1) is 0 Å². The Bertz CT molecular complexity index is 873. The van der Waals surface area contributed by atoms with Crippen molar-refractivity contribution in [1.29, 1.82) is 5.26 Å². The quantitative estimate of drug-likeness (QED) is 0.799. The summed E-state index contributed by atoms with van der Waals surface area (Å²) in [5, 5.41) is 12.2. The van der Waals surface area contributed by atoms with Gasteiger partial charge >= 0.3 is 0 Å². The molecule has 0 atom stereocenters. The predicted molar refractivity (Wildman–Crippen MR) is 83.3 cm³/mol. The summed E-state index contributed by atoms with van der Waals surface area (Å²) >= 11 is 6.14. The van der Waals surface area contributed by atoms with Crippen LogP contribution < -0.4 is 10.1 Å². The third-order valence-corrected chi connectivity index (χ3v) is 3.22. The van der Waals surface area contributed by atoms with E-state index in [1.807, 2.05) is 0 Å². The van der Waals surface area contributed by atoms with E-state index in [0.717, 1.165) is 0 Å². The number of hydrogen-bond donors (Lipinski definition) is 1. The van der Waals surface area contributed by atoms with Crippen LogP contribution in [0.25, 0.3) is 11.0 Å². The summed E-state index contributed by atoms with van der Waals surface area (Å²) in [7, 11) is 1.55. The first kappa shape index (κ1) is 14.0. The van der Waals surface area contributed by atoms with E-state index in [1.54, 1.807) is 43.6 Å². The van der Waals surface area contributed by atoms with E-state index in [4.69, 9.17) is 21.6 Å². The Kier molecular flexibility index (Phi) is 3.73. The van der Waals surface area contributed by atoms with Gasteiger partial charge in [-0.25, -0.2) is 15.0 Å². The zero-order valence-electron chi connectivity index (χ0n) is 11.5. The zero-order valence-corrected chi connectivity index (χ0v) is 12.3. The maximum absolute atomic E-state index is 8.90. The molecule has 2 heterocycles. The molecule has 1 N–H and O–H groups in total. The number of ether oxygens (including phenoxy) is 1. The summed E-state index contributed by atoms with van der Waals surface area (Å²) in [4.78, 5) is 12.8. The Hall–Kier alpha value is -2.91. The fourth-order valence-electron chi connectivity index (χ4n) is 1.89. The molecule has 0 aliphatic rings. The maximum atomic E-state index is 8.90. The van der Waals surface area contributed by atoms with Gasteiger partial charge < -0.3 is 10.1 Å². The second-order valence-corrected chi connectivity index (χ2v) is 4.75. The molecule has 0 spiro atoms. The molecular weight excluding hydrogens is 302 g/mol. The van der Waals surface area contributed by atoms with E-state index in [0.29, 0.717) is 34.0 Å². The van der Waals surface area contributed by atoms with Crippen LogP contribution in [0.4, 0.5) is 11.5 Å². The molecule has 2 aromatic heterocycles. The molecule has 108 valence electrons. The molecular formula is C15H10ClN5O. The number of pyridine rings is 1. The predicted octanol–water partition coefficient (Wildman–Crippen LogP) is 3.30. The van der Waals surface area contributed by atoms with Crippen molar-refractivity contribution in [2.24, 2.45) is 0 Å². The molecule has 22 heavy (non-hydrogen) atoms. The molecule has 0 saturated heterocycles. The van der Waals surface area contributed by atoms with Gasteiger partial charge in [-0.2, -0.15) is 5.26 Å². The average Bonchev–Trinajstić information content (AvgIpc) is 2.56. The Morgan fingerprint density at radius 3 is 2.73 bits per heavy atom. The summed E-state index contributed by atoms with van der Waals surface area (Å²) in [5.74, 6) is 0.941. The van der Waals surface area contributed by atoms with Crippen molar-refractivity contribution < 1.29 is 4.74 Å². The van der Waals surface area contributed by atoms with E-state index in [2.05, 4.69) is 26.3 Å². The number of anilines is 2. The topological polar surface area (TPSA) is 83.7 Å². The molecule has 0 aliphatic heterocycles. The van der Waals surface area contributed by atoms with E-state index >= 15 is 0 Å². The lowest BCUT2D eigenvalue weighted by Crippen LogP contribution is -1.98. The second kappa shape index (κ2) is 5.84. The van der Waals surface area contributed by atoms with Crippen molar-refractivity contribution in [3.8, 4) is 11.9 Å². The Morgan fingerprint density at radius 2 is 2.05 bits per heavy atom. The molecule has 1 aromatic carbocycles. The number of hydrogen-bond acceptors (Lipinski definition) is 6. The molecule has 3 aromatic rings. The van der Waals surface area contributed by atoms with Gasteiger partial charge in [0.2, 0.25) is 5.88 Å². The van der Waals surface area contributed by atoms with Gasteiger partial charge in [0.15, 0.2) is 11.0 Å². The smallest absolute Gasteiger partial charge is 0.213 e. The zero-order chi connectivity index (χ0) is 15.5. The molecule has 0 bridgehead atoms. The number of methoxy groups -OCH3 is 1. The van der Waals surface area contributed by atoms with E-state index in [1.165, 1.54) is 0 Å². The normalized spacial score (nSPS) is 10.2. The SMILES string of the molecule is COc1ccc(Nc2nc3ccc(C#N)cc3nc2Cl)cn1. The maximum Gasteiger partial charge on any atom is 0.213 e. The van der Waals surface area contributed by atoms with Gasteiger partial charge in [-0.1, -0.05) is 11.6 Å². The highest BCUT2D eigenvalue weighted by Gasteiger charge is 2.08. The summed E-state index contributed by atoms with van der Waals surface area (Å²) in [6.07, 6.45) is 1.61. The average molecular weight is 312 g/mol. The minimum Gasteiger partial charge on any atom is -0.481 e. The number of nitriles is 1. The molecule has 0 aliphatic carbocycles. The molecule has 0 radical (unpaired) electrons. The van der Waals surface area contributed by atoms with Gasteiger partial charge in [-0.3, -0.25) is 0 Å². The van der Waals surface area contributed by atoms with E-state index in [9.17, 15) is 0 Å². The van der Waals surface area contributed by atoms with Crippen LogP contribution in [-0.4, -0.2) is 22.1 Å². The Labute approximate surface area is 131 Å². The number of aromatic nitrogens is 3. The molecule has 3 rings (SSSR count). The second-order valence-electron chi connectivity index (χ2n) is 4.39. The van der Waals surface area contributed by atoms with Crippen LogP contribution in [0.3, 0.4) is 0 Å². The molecule has 7 heteroatoms. The molecule has 0 fully saturated rings. The standard InChI is InChI=1S/C15H10ClN5O/c1-22-13-5-3-10(8-18-13)19-15-14(16)20-12-6-9(7-17)2-4-11(12)21-15/h2-6,8H,1H3,(H,19,21). The van der Waals surface area contributed by atoms with Crippen molar-refractivity contribution in [2.45, 2.75) is 0 Å². The number of benzene rings is 1. The van der Waals surface area contributed by atoms with Crippen LogP contribution in [0.2, 0.25) is 5.15 Å². The van der Waals surface area contributed by atoms with Crippen LogP contribution in [-0.2, 0) is 0 Å². The highest BCUT2D eigenvalue weighted by atomic mass is 35.5. The third kappa shape index (κ3) is 2.75. The number of rotatable bonds is 3. The molecule has 0 amide bonds. The van der Waals surface area contributed by atoms with Crippen molar-refractivity contribution in [3.05, 3.63) is 47.2 Å². The first-order valence-corrected chi connectivity index (χ1v) is 6.72. The van der Waals surface area contributed by atoms with Gasteiger partial charge in [0.1, 0.15) is 0 Å². The minimum absolute atomic E-state index is 0.221. The molecule has 0 unspecified atom stereocenters. The minimum atomic E-state index is 0.221. The van der Waals surface area contributed by atoms with Crippen LogP contribution in [0, 0.1) is 11.3 Å². The van der Waals surface area contributed by atoms with Crippen LogP contribution in [0.5, 0.6) is 5.88 Å². The monoisotopic (exact) mass is 311 g/mol. The number of fused-ring (bicyclic) bond motifs is 1. The van der Waals surface area contributed by atoms with Gasteiger partial charge in [0, 0.05) is 6.07 Å². The van der Waals surface area contributed by atoms with Crippen molar-refractivity contribution >= 4 is 34.1 Å². The fourth-order valence-corrected chi connectivity index (χ4v) is 2.07. The van der Waals surface area contributed by atoms with E-state index in [-0.39, 0.29) is 5.15 Å². The number of nitrogens with zero attached hydrogens (tertiary/aromatic N) is 4. The first-order chi connectivity index (χ1) is 10.7. The van der Waals surface area contributed by atoms with Gasteiger partial charge in [-0.05, 0) is 24.3 Å². The fraction of sp³-hybridized carbons (Fsp3) is 0.0667.